The molecule has 0 aliphatic carbocycles. The molecule has 0 unspecified atom stereocenters. The van der Waals surface area contributed by atoms with Gasteiger partial charge in [-0.25, -0.2) is 0 Å². The summed E-state index contributed by atoms with van der Waals surface area (Å²) in [6.45, 7) is 0. The highest BCUT2D eigenvalue weighted by molar-refractivity contribution is 6.00. The minimum Gasteiger partial charge on any atom is -0.378 e. The Balaban J connectivity index is 1.74. The number of benzene rings is 2. The van der Waals surface area contributed by atoms with Crippen LogP contribution in [0, 0.1) is 0 Å². The van der Waals surface area contributed by atoms with Crippen molar-refractivity contribution in [3.63, 3.8) is 0 Å². The van der Waals surface area contributed by atoms with E-state index in [9.17, 15) is 14.4 Å². The molecule has 0 radical (unpaired) electrons. The van der Waals surface area contributed by atoms with Gasteiger partial charge in [-0.05, 0) is 35.7 Å². The van der Waals surface area contributed by atoms with Crippen LogP contribution in [-0.4, -0.2) is 30.9 Å². The highest BCUT2D eigenvalue weighted by Crippen LogP contribution is 2.13. The molecule has 1 heterocycles. The maximum Gasteiger partial charge on any atom is 0.286 e. The summed E-state index contributed by atoms with van der Waals surface area (Å²) in [6, 6.07) is 15.5. The van der Waals surface area contributed by atoms with Crippen molar-refractivity contribution in [2.45, 2.75) is 0 Å². The van der Waals surface area contributed by atoms with Crippen molar-refractivity contribution >= 4 is 28.3 Å². The Kier molecular flexibility index (Phi) is 4.70. The van der Waals surface area contributed by atoms with E-state index in [-0.39, 0.29) is 11.3 Å². The van der Waals surface area contributed by atoms with Gasteiger partial charge in [0.1, 0.15) is 5.69 Å². The van der Waals surface area contributed by atoms with Crippen LogP contribution < -0.4 is 21.3 Å². The molecule has 0 saturated carbocycles. The van der Waals surface area contributed by atoms with Crippen LogP contribution in [-0.2, 0) is 0 Å². The number of hydrogen-bond acceptors (Lipinski definition) is 4. The summed E-state index contributed by atoms with van der Waals surface area (Å²) < 4.78 is 0. The molecule has 2 amide bonds. The van der Waals surface area contributed by atoms with Crippen LogP contribution in [0.5, 0.6) is 0 Å². The molecule has 1 aromatic heterocycles. The van der Waals surface area contributed by atoms with Gasteiger partial charge in [0.05, 0.1) is 0 Å². The first kappa shape index (κ1) is 17.2. The maximum absolute atomic E-state index is 12.2. The molecule has 0 fully saturated rings. The van der Waals surface area contributed by atoms with E-state index in [4.69, 9.17) is 0 Å². The van der Waals surface area contributed by atoms with Gasteiger partial charge >= 0.3 is 0 Å². The van der Waals surface area contributed by atoms with Gasteiger partial charge in [0.2, 0.25) is 0 Å². The van der Waals surface area contributed by atoms with Crippen LogP contribution >= 0.6 is 0 Å². The molecule has 7 nitrogen and oxygen atoms in total. The normalized spacial score (nSPS) is 10.4. The summed E-state index contributed by atoms with van der Waals surface area (Å²) in [7, 11) is 3.74. The second-order valence-electron chi connectivity index (χ2n) is 5.95. The standard InChI is InChI=1S/C19H18N4O3/c1-23(2)14-8-5-7-13(10-14)17(24)21-22-19(26)16-11-12-6-3-4-9-15(12)18(25)20-16/h3-11H,1-2H3,(H,20,25)(H,21,24)(H,22,26). The number of rotatable bonds is 3. The number of anilines is 1. The number of hydrazine groups is 1. The largest absolute Gasteiger partial charge is 0.378 e. The summed E-state index contributed by atoms with van der Waals surface area (Å²) in [5.41, 5.74) is 5.64. The molecule has 7 heteroatoms. The molecule has 0 bridgehead atoms. The summed E-state index contributed by atoms with van der Waals surface area (Å²) in [5, 5.41) is 1.14. The molecule has 3 N–H and O–H groups in total. The third-order valence-corrected chi connectivity index (χ3v) is 3.91. The Morgan fingerprint density at radius 3 is 2.42 bits per heavy atom. The Labute approximate surface area is 149 Å². The lowest BCUT2D eigenvalue weighted by Crippen LogP contribution is -2.42. The zero-order valence-electron chi connectivity index (χ0n) is 14.4. The zero-order chi connectivity index (χ0) is 18.7. The molecule has 3 aromatic rings. The van der Waals surface area contributed by atoms with Gasteiger partial charge in [0.15, 0.2) is 0 Å². The highest BCUT2D eigenvalue weighted by atomic mass is 16.2. The van der Waals surface area contributed by atoms with Crippen LogP contribution in [0.3, 0.4) is 0 Å². The van der Waals surface area contributed by atoms with Crippen molar-refractivity contribution in [3.05, 3.63) is 76.2 Å². The van der Waals surface area contributed by atoms with Gasteiger partial charge in [0, 0.05) is 30.7 Å². The summed E-state index contributed by atoms with van der Waals surface area (Å²) in [4.78, 5) is 40.9. The molecular formula is C19H18N4O3. The summed E-state index contributed by atoms with van der Waals surface area (Å²) in [6.07, 6.45) is 0. The molecule has 2 aromatic carbocycles. The highest BCUT2D eigenvalue weighted by Gasteiger charge is 2.12. The Bertz CT molecular complexity index is 1040. The molecule has 0 saturated heterocycles. The van der Waals surface area contributed by atoms with Crippen LogP contribution in [0.15, 0.2) is 59.4 Å². The van der Waals surface area contributed by atoms with Crippen LogP contribution in [0.2, 0.25) is 0 Å². The minimum atomic E-state index is -0.607. The average molecular weight is 350 g/mol. The van der Waals surface area contributed by atoms with E-state index in [0.29, 0.717) is 16.3 Å². The molecular weight excluding hydrogens is 332 g/mol. The van der Waals surface area contributed by atoms with Gasteiger partial charge in [-0.1, -0.05) is 24.3 Å². The summed E-state index contributed by atoms with van der Waals surface area (Å²) in [5.74, 6) is -1.06. The number of fused-ring (bicyclic) bond motifs is 1. The van der Waals surface area contributed by atoms with E-state index < -0.39 is 11.8 Å². The number of aromatic amines is 1. The first-order valence-corrected chi connectivity index (χ1v) is 7.96. The number of pyridine rings is 1. The lowest BCUT2D eigenvalue weighted by molar-refractivity contribution is 0.0844. The first-order valence-electron chi connectivity index (χ1n) is 7.96. The fourth-order valence-corrected chi connectivity index (χ4v) is 2.51. The van der Waals surface area contributed by atoms with Crippen molar-refractivity contribution in [1.29, 1.82) is 0 Å². The van der Waals surface area contributed by atoms with Crippen molar-refractivity contribution in [3.8, 4) is 0 Å². The molecule has 132 valence electrons. The van der Waals surface area contributed by atoms with Crippen LogP contribution in [0.4, 0.5) is 5.69 Å². The number of nitrogens with zero attached hydrogens (tertiary/aromatic N) is 1. The number of aromatic nitrogens is 1. The number of H-pyrrole nitrogens is 1. The summed E-state index contributed by atoms with van der Waals surface area (Å²) >= 11 is 0. The number of hydrogen-bond donors (Lipinski definition) is 3. The smallest absolute Gasteiger partial charge is 0.286 e. The molecule has 0 aliphatic rings. The van der Waals surface area contributed by atoms with Gasteiger partial charge in [-0.2, -0.15) is 0 Å². The third-order valence-electron chi connectivity index (χ3n) is 3.91. The monoisotopic (exact) mass is 350 g/mol. The Morgan fingerprint density at radius 1 is 0.923 bits per heavy atom. The number of carbonyl (C=O) groups excluding carboxylic acids is 2. The first-order chi connectivity index (χ1) is 12.5. The van der Waals surface area contributed by atoms with E-state index in [1.54, 1.807) is 48.5 Å². The number of amides is 2. The fourth-order valence-electron chi connectivity index (χ4n) is 2.51. The SMILES string of the molecule is CN(C)c1cccc(C(=O)NNC(=O)c2cc3ccccc3c(=O)[nH]2)c1. The van der Waals surface area contributed by atoms with E-state index >= 15 is 0 Å². The second kappa shape index (κ2) is 7.10. The molecule has 0 aliphatic heterocycles. The molecule has 26 heavy (non-hydrogen) atoms. The lowest BCUT2D eigenvalue weighted by Gasteiger charge is -2.13. The van der Waals surface area contributed by atoms with Gasteiger partial charge < -0.3 is 9.88 Å². The minimum absolute atomic E-state index is 0.0658. The van der Waals surface area contributed by atoms with Crippen molar-refractivity contribution in [2.24, 2.45) is 0 Å². The quantitative estimate of drug-likeness (QED) is 0.626. The van der Waals surface area contributed by atoms with Gasteiger partial charge in [-0.3, -0.25) is 25.2 Å². The van der Waals surface area contributed by atoms with E-state index in [1.807, 2.05) is 25.1 Å². The van der Waals surface area contributed by atoms with Crippen LogP contribution in [0.1, 0.15) is 20.8 Å². The van der Waals surface area contributed by atoms with Crippen molar-refractivity contribution in [2.75, 3.05) is 19.0 Å². The second-order valence-corrected chi connectivity index (χ2v) is 5.95. The Hall–Kier alpha value is -3.61. The predicted octanol–water partition coefficient (Wildman–Crippen LogP) is 1.67. The van der Waals surface area contributed by atoms with Crippen molar-refractivity contribution < 1.29 is 9.59 Å². The maximum atomic E-state index is 12.2. The topological polar surface area (TPSA) is 94.3 Å². The van der Waals surface area contributed by atoms with E-state index in [2.05, 4.69) is 15.8 Å². The van der Waals surface area contributed by atoms with Gasteiger partial charge in [0.25, 0.3) is 17.4 Å². The third kappa shape index (κ3) is 3.56. The fraction of sp³-hybridized carbons (Fsp3) is 0.105. The number of nitrogens with one attached hydrogen (secondary N) is 3. The molecule has 3 rings (SSSR count). The van der Waals surface area contributed by atoms with E-state index in [1.165, 1.54) is 0 Å². The van der Waals surface area contributed by atoms with Crippen LogP contribution in [0.25, 0.3) is 10.8 Å². The molecule has 0 spiro atoms. The Morgan fingerprint density at radius 2 is 1.65 bits per heavy atom. The lowest BCUT2D eigenvalue weighted by atomic mass is 10.1. The predicted molar refractivity (Wildman–Crippen MR) is 100 cm³/mol. The van der Waals surface area contributed by atoms with Gasteiger partial charge in [-0.15, -0.1) is 0 Å². The van der Waals surface area contributed by atoms with E-state index in [0.717, 1.165) is 5.69 Å². The van der Waals surface area contributed by atoms with Crippen molar-refractivity contribution in [1.82, 2.24) is 15.8 Å². The number of carbonyl (C=O) groups is 2. The zero-order valence-corrected chi connectivity index (χ0v) is 14.4. The molecule has 0 atom stereocenters. The average Bonchev–Trinajstić information content (AvgIpc) is 2.65.